The summed E-state index contributed by atoms with van der Waals surface area (Å²) < 4.78 is 4.65. The molecule has 0 unspecified atom stereocenters. The summed E-state index contributed by atoms with van der Waals surface area (Å²) in [5.74, 6) is 0. The molecule has 0 radical (unpaired) electrons. The number of benzene rings is 3. The van der Waals surface area contributed by atoms with Crippen LogP contribution in [-0.4, -0.2) is 14.0 Å². The van der Waals surface area contributed by atoms with Crippen molar-refractivity contribution < 1.29 is 0 Å². The Balaban J connectivity index is 1.37. The second-order valence-corrected chi connectivity index (χ2v) is 10.8. The molecule has 0 saturated heterocycles. The summed E-state index contributed by atoms with van der Waals surface area (Å²) in [5.41, 5.74) is 12.9. The molecule has 0 bridgehead atoms. The Labute approximate surface area is 216 Å². The molecule has 3 aromatic carbocycles. The zero-order chi connectivity index (χ0) is 24.7. The molecule has 2 aliphatic carbocycles. The minimum atomic E-state index is -0.0652. The molecule has 6 aromatic rings. The summed E-state index contributed by atoms with van der Waals surface area (Å²) in [6.07, 6.45) is 10.8. The van der Waals surface area contributed by atoms with Crippen LogP contribution in [0.5, 0.6) is 0 Å². The Morgan fingerprint density at radius 3 is 2.46 bits per heavy atom. The van der Waals surface area contributed by atoms with E-state index in [0.717, 1.165) is 24.2 Å². The third kappa shape index (κ3) is 2.80. The van der Waals surface area contributed by atoms with Gasteiger partial charge in [0.05, 0.1) is 16.7 Å². The van der Waals surface area contributed by atoms with Gasteiger partial charge in [-0.15, -0.1) is 0 Å². The predicted molar refractivity (Wildman–Crippen MR) is 154 cm³/mol. The zero-order valence-corrected chi connectivity index (χ0v) is 21.1. The summed E-state index contributed by atoms with van der Waals surface area (Å²) in [5, 5.41) is 2.66. The van der Waals surface area contributed by atoms with Gasteiger partial charge in [-0.05, 0) is 64.9 Å². The molecule has 3 aromatic heterocycles. The SMILES string of the molecule is CC1(C)c2ccccc2-c2ccc3c4ccccc4n(C4=CC=C(c5cn6ccccc6n5)CC4)c3c21. The quantitative estimate of drug-likeness (QED) is 0.245. The molecule has 0 N–H and O–H groups in total. The van der Waals surface area contributed by atoms with Crippen molar-refractivity contribution in [3.63, 3.8) is 0 Å². The summed E-state index contributed by atoms with van der Waals surface area (Å²) in [6.45, 7) is 4.77. The highest BCUT2D eigenvalue weighted by atomic mass is 15.0. The van der Waals surface area contributed by atoms with E-state index < -0.39 is 0 Å². The highest BCUT2D eigenvalue weighted by Crippen LogP contribution is 2.53. The summed E-state index contributed by atoms with van der Waals surface area (Å²) in [6, 6.07) is 28.6. The fraction of sp³-hybridized carbons (Fsp3) is 0.147. The van der Waals surface area contributed by atoms with Crippen molar-refractivity contribution in [3.05, 3.63) is 120 Å². The predicted octanol–water partition coefficient (Wildman–Crippen LogP) is 8.47. The van der Waals surface area contributed by atoms with Gasteiger partial charge in [0, 0.05) is 34.3 Å². The van der Waals surface area contributed by atoms with E-state index in [-0.39, 0.29) is 5.41 Å². The summed E-state index contributed by atoms with van der Waals surface area (Å²) in [4.78, 5) is 4.87. The van der Waals surface area contributed by atoms with Crippen LogP contribution in [0.4, 0.5) is 0 Å². The van der Waals surface area contributed by atoms with Gasteiger partial charge in [-0.2, -0.15) is 0 Å². The lowest BCUT2D eigenvalue weighted by Crippen LogP contribution is -2.16. The Morgan fingerprint density at radius 1 is 0.757 bits per heavy atom. The number of fused-ring (bicyclic) bond motifs is 8. The standard InChI is InChI=1S/C34H27N3/c1-34(2)28-11-5-3-9-24(28)26-18-19-27-25-10-4-6-12-30(25)37(33(27)32(26)34)23-16-14-22(15-17-23)29-21-36-20-8-7-13-31(36)35-29/h3-14,16,18-21H,15,17H2,1-2H3. The average molecular weight is 478 g/mol. The molecular formula is C34H27N3. The van der Waals surface area contributed by atoms with E-state index in [0.29, 0.717) is 0 Å². The topological polar surface area (TPSA) is 22.2 Å². The molecule has 3 heterocycles. The first-order chi connectivity index (χ1) is 18.1. The lowest BCUT2D eigenvalue weighted by molar-refractivity contribution is 0.664. The molecule has 0 fully saturated rings. The lowest BCUT2D eigenvalue weighted by atomic mass is 9.81. The second-order valence-electron chi connectivity index (χ2n) is 10.8. The normalized spacial score (nSPS) is 16.2. The van der Waals surface area contributed by atoms with Crippen LogP contribution >= 0.6 is 0 Å². The van der Waals surface area contributed by atoms with Gasteiger partial charge in [-0.1, -0.05) is 80.6 Å². The first-order valence-corrected chi connectivity index (χ1v) is 13.1. The van der Waals surface area contributed by atoms with Crippen LogP contribution in [0.2, 0.25) is 0 Å². The third-order valence-corrected chi connectivity index (χ3v) is 8.46. The largest absolute Gasteiger partial charge is 0.313 e. The Morgan fingerprint density at radius 2 is 1.59 bits per heavy atom. The number of allylic oxidation sites excluding steroid dienone is 4. The lowest BCUT2D eigenvalue weighted by Gasteiger charge is -2.25. The number of nitrogens with zero attached hydrogens (tertiary/aromatic N) is 3. The first kappa shape index (κ1) is 20.8. The van der Waals surface area contributed by atoms with Crippen LogP contribution < -0.4 is 0 Å². The zero-order valence-electron chi connectivity index (χ0n) is 21.1. The smallest absolute Gasteiger partial charge is 0.137 e. The van der Waals surface area contributed by atoms with Crippen LogP contribution in [-0.2, 0) is 5.41 Å². The fourth-order valence-electron chi connectivity index (χ4n) is 6.73. The van der Waals surface area contributed by atoms with E-state index in [9.17, 15) is 0 Å². The molecule has 0 amide bonds. The molecule has 37 heavy (non-hydrogen) atoms. The van der Waals surface area contributed by atoms with Gasteiger partial charge >= 0.3 is 0 Å². The van der Waals surface area contributed by atoms with Crippen LogP contribution in [0, 0.1) is 0 Å². The molecule has 3 nitrogen and oxygen atoms in total. The van der Waals surface area contributed by atoms with Gasteiger partial charge in [0.25, 0.3) is 0 Å². The van der Waals surface area contributed by atoms with Crippen LogP contribution in [0.25, 0.3) is 49.9 Å². The molecule has 178 valence electrons. The Bertz CT molecular complexity index is 1930. The second kappa shape index (κ2) is 7.33. The number of imidazole rings is 1. The number of hydrogen-bond acceptors (Lipinski definition) is 1. The molecule has 0 saturated carbocycles. The van der Waals surface area contributed by atoms with Crippen LogP contribution in [0.15, 0.2) is 103 Å². The van der Waals surface area contributed by atoms with Gasteiger partial charge in [0.1, 0.15) is 5.65 Å². The third-order valence-electron chi connectivity index (χ3n) is 8.46. The number of hydrogen-bond donors (Lipinski definition) is 0. The van der Waals surface area contributed by atoms with Gasteiger partial charge in [-0.25, -0.2) is 4.98 Å². The maximum absolute atomic E-state index is 4.87. The number of pyridine rings is 1. The molecule has 0 spiro atoms. The monoisotopic (exact) mass is 477 g/mol. The van der Waals surface area contributed by atoms with Gasteiger partial charge in [0.15, 0.2) is 0 Å². The van der Waals surface area contributed by atoms with Gasteiger partial charge < -0.3 is 8.97 Å². The minimum absolute atomic E-state index is 0.0652. The summed E-state index contributed by atoms with van der Waals surface area (Å²) in [7, 11) is 0. The van der Waals surface area contributed by atoms with Crippen molar-refractivity contribution in [2.24, 2.45) is 0 Å². The molecular weight excluding hydrogens is 450 g/mol. The van der Waals surface area contributed by atoms with Gasteiger partial charge in [-0.3, -0.25) is 0 Å². The van der Waals surface area contributed by atoms with Crippen molar-refractivity contribution in [2.45, 2.75) is 32.1 Å². The Kier molecular flexibility index (Phi) is 4.12. The first-order valence-electron chi connectivity index (χ1n) is 13.1. The Hall–Kier alpha value is -4.37. The minimum Gasteiger partial charge on any atom is -0.313 e. The highest BCUT2D eigenvalue weighted by molar-refractivity contribution is 6.13. The van der Waals surface area contributed by atoms with Crippen molar-refractivity contribution >= 4 is 38.7 Å². The molecule has 2 aliphatic rings. The van der Waals surface area contributed by atoms with E-state index in [1.54, 1.807) is 0 Å². The van der Waals surface area contributed by atoms with Gasteiger partial charge in [0.2, 0.25) is 0 Å². The van der Waals surface area contributed by atoms with Crippen molar-refractivity contribution in [3.8, 4) is 11.1 Å². The summed E-state index contributed by atoms with van der Waals surface area (Å²) >= 11 is 0. The van der Waals surface area contributed by atoms with E-state index in [1.165, 1.54) is 55.3 Å². The van der Waals surface area contributed by atoms with E-state index in [1.807, 2.05) is 12.1 Å². The van der Waals surface area contributed by atoms with E-state index in [2.05, 4.69) is 114 Å². The van der Waals surface area contributed by atoms with E-state index in [4.69, 9.17) is 4.98 Å². The number of para-hydroxylation sites is 1. The maximum Gasteiger partial charge on any atom is 0.137 e. The molecule has 3 heteroatoms. The van der Waals surface area contributed by atoms with Crippen molar-refractivity contribution in [1.29, 1.82) is 0 Å². The average Bonchev–Trinajstić information content (AvgIpc) is 3.58. The van der Waals surface area contributed by atoms with Crippen LogP contribution in [0.1, 0.15) is 43.5 Å². The number of aromatic nitrogens is 3. The van der Waals surface area contributed by atoms with Crippen molar-refractivity contribution in [2.75, 3.05) is 0 Å². The van der Waals surface area contributed by atoms with Crippen molar-refractivity contribution in [1.82, 2.24) is 14.0 Å². The molecule has 8 rings (SSSR count). The fourth-order valence-corrected chi connectivity index (χ4v) is 6.73. The van der Waals surface area contributed by atoms with Crippen LogP contribution in [0.3, 0.4) is 0 Å². The molecule has 0 aliphatic heterocycles. The highest BCUT2D eigenvalue weighted by Gasteiger charge is 2.38. The number of rotatable bonds is 2. The molecule has 0 atom stereocenters. The maximum atomic E-state index is 4.87. The van der Waals surface area contributed by atoms with E-state index >= 15 is 0 Å².